The number of rotatable bonds is 4. The highest BCUT2D eigenvalue weighted by atomic mass is 35.5. The number of carbonyl (C=O) groups excluding carboxylic acids is 1. The van der Waals surface area contributed by atoms with Crippen molar-refractivity contribution in [3.8, 4) is 5.75 Å². The number of amides is 1. The molecule has 0 saturated carbocycles. The molecule has 0 saturated heterocycles. The Morgan fingerprint density at radius 2 is 2.21 bits per heavy atom. The summed E-state index contributed by atoms with van der Waals surface area (Å²) in [4.78, 5) is 16.6. The molecule has 4 rings (SSSR count). The highest BCUT2D eigenvalue weighted by Gasteiger charge is 2.13. The second kappa shape index (κ2) is 6.17. The smallest absolute Gasteiger partial charge is 0.224 e. The quantitative estimate of drug-likeness (QED) is 0.794. The van der Waals surface area contributed by atoms with Crippen molar-refractivity contribution in [1.29, 1.82) is 0 Å². The molecule has 0 unspecified atom stereocenters. The number of imidazole rings is 1. The predicted molar refractivity (Wildman–Crippen MR) is 91.4 cm³/mol. The van der Waals surface area contributed by atoms with Gasteiger partial charge in [0.05, 0.1) is 30.3 Å². The summed E-state index contributed by atoms with van der Waals surface area (Å²) >= 11 is 5.96. The van der Waals surface area contributed by atoms with E-state index in [1.807, 2.05) is 28.8 Å². The van der Waals surface area contributed by atoms with E-state index >= 15 is 0 Å². The highest BCUT2D eigenvalue weighted by molar-refractivity contribution is 6.30. The van der Waals surface area contributed by atoms with Crippen LogP contribution in [0, 0.1) is 0 Å². The average molecular weight is 342 g/mol. The van der Waals surface area contributed by atoms with Crippen molar-refractivity contribution >= 4 is 23.2 Å². The van der Waals surface area contributed by atoms with Crippen LogP contribution in [0.4, 0.5) is 0 Å². The van der Waals surface area contributed by atoms with Crippen LogP contribution in [-0.2, 0) is 24.2 Å². The maximum Gasteiger partial charge on any atom is 0.224 e. The Morgan fingerprint density at radius 3 is 3.12 bits per heavy atom. The summed E-state index contributed by atoms with van der Waals surface area (Å²) < 4.78 is 7.33. The zero-order chi connectivity index (χ0) is 16.5. The first kappa shape index (κ1) is 15.0. The summed E-state index contributed by atoms with van der Waals surface area (Å²) in [5.74, 6) is 0.909. The largest absolute Gasteiger partial charge is 0.493 e. The minimum absolute atomic E-state index is 0.0241. The Hall–Kier alpha value is -2.53. The van der Waals surface area contributed by atoms with Crippen LogP contribution in [0.1, 0.15) is 16.8 Å². The van der Waals surface area contributed by atoms with Crippen molar-refractivity contribution in [2.24, 2.45) is 0 Å². The Morgan fingerprint density at radius 1 is 1.29 bits per heavy atom. The molecular formula is C18H16ClN3O2. The molecule has 3 heterocycles. The van der Waals surface area contributed by atoms with Crippen LogP contribution in [0.15, 0.2) is 42.7 Å². The Balaban J connectivity index is 1.39. The predicted octanol–water partition coefficient (Wildman–Crippen LogP) is 2.78. The lowest BCUT2D eigenvalue weighted by molar-refractivity contribution is -0.120. The number of ether oxygens (including phenoxy) is 1. The molecule has 1 amide bonds. The minimum atomic E-state index is -0.0241. The number of carbonyl (C=O) groups is 1. The van der Waals surface area contributed by atoms with Gasteiger partial charge in [0.2, 0.25) is 5.91 Å². The molecular weight excluding hydrogens is 326 g/mol. The molecule has 1 aliphatic heterocycles. The number of halogens is 1. The third-order valence-electron chi connectivity index (χ3n) is 4.05. The van der Waals surface area contributed by atoms with Crippen molar-refractivity contribution in [1.82, 2.24) is 14.7 Å². The molecule has 5 nitrogen and oxygen atoms in total. The van der Waals surface area contributed by atoms with E-state index in [0.717, 1.165) is 35.7 Å². The molecule has 1 aliphatic rings. The van der Waals surface area contributed by atoms with Crippen molar-refractivity contribution in [2.75, 3.05) is 6.61 Å². The van der Waals surface area contributed by atoms with Gasteiger partial charge in [-0.1, -0.05) is 23.7 Å². The second-order valence-corrected chi connectivity index (χ2v) is 6.28. The number of pyridine rings is 1. The summed E-state index contributed by atoms with van der Waals surface area (Å²) in [5, 5.41) is 3.56. The number of fused-ring (bicyclic) bond motifs is 2. The maximum absolute atomic E-state index is 12.2. The number of nitrogens with one attached hydrogen (secondary N) is 1. The van der Waals surface area contributed by atoms with Crippen molar-refractivity contribution in [2.45, 2.75) is 19.4 Å². The number of nitrogens with zero attached hydrogens (tertiary/aromatic N) is 2. The fourth-order valence-electron chi connectivity index (χ4n) is 2.89. The standard InChI is InChI=1S/C18H16ClN3O2/c19-14-2-4-17-21-15(11-22(17)10-14)9-20-18(23)8-12-1-3-16-13(7-12)5-6-24-16/h1-4,7,10-11H,5-6,8-9H2,(H,20,23). The first-order valence-electron chi connectivity index (χ1n) is 7.82. The SMILES string of the molecule is O=C(Cc1ccc2c(c1)CCO2)NCc1cn2cc(Cl)ccc2n1. The third kappa shape index (κ3) is 3.08. The van der Waals surface area contributed by atoms with E-state index in [1.54, 1.807) is 12.3 Å². The second-order valence-electron chi connectivity index (χ2n) is 5.84. The minimum Gasteiger partial charge on any atom is -0.493 e. The maximum atomic E-state index is 12.2. The van der Waals surface area contributed by atoms with Gasteiger partial charge in [-0.25, -0.2) is 4.98 Å². The summed E-state index contributed by atoms with van der Waals surface area (Å²) in [7, 11) is 0. The molecule has 0 atom stereocenters. The van der Waals surface area contributed by atoms with Gasteiger partial charge in [0, 0.05) is 18.8 Å². The molecule has 6 heteroatoms. The van der Waals surface area contributed by atoms with Crippen LogP contribution in [0.25, 0.3) is 5.65 Å². The van der Waals surface area contributed by atoms with Crippen LogP contribution in [0.5, 0.6) is 5.75 Å². The summed E-state index contributed by atoms with van der Waals surface area (Å²) in [6, 6.07) is 9.58. The summed E-state index contributed by atoms with van der Waals surface area (Å²) in [5.41, 5.74) is 3.78. The molecule has 2 aromatic heterocycles. The van der Waals surface area contributed by atoms with Crippen molar-refractivity contribution in [3.05, 3.63) is 64.6 Å². The Bertz CT molecular complexity index is 920. The van der Waals surface area contributed by atoms with Crippen LogP contribution in [-0.4, -0.2) is 21.9 Å². The van der Waals surface area contributed by atoms with E-state index in [9.17, 15) is 4.79 Å². The van der Waals surface area contributed by atoms with Crippen molar-refractivity contribution in [3.63, 3.8) is 0 Å². The van der Waals surface area contributed by atoms with Crippen LogP contribution < -0.4 is 10.1 Å². The van der Waals surface area contributed by atoms with Gasteiger partial charge in [0.15, 0.2) is 0 Å². The number of hydrogen-bond acceptors (Lipinski definition) is 3. The fourth-order valence-corrected chi connectivity index (χ4v) is 3.06. The van der Waals surface area contributed by atoms with E-state index in [4.69, 9.17) is 16.3 Å². The van der Waals surface area contributed by atoms with Crippen LogP contribution >= 0.6 is 11.6 Å². The van der Waals surface area contributed by atoms with Gasteiger partial charge in [-0.3, -0.25) is 4.79 Å². The molecule has 0 bridgehead atoms. The average Bonchev–Trinajstić information content (AvgIpc) is 3.18. The molecule has 0 spiro atoms. The van der Waals surface area contributed by atoms with E-state index < -0.39 is 0 Å². The lowest BCUT2D eigenvalue weighted by Gasteiger charge is -2.05. The molecule has 0 fully saturated rings. The van der Waals surface area contributed by atoms with Crippen LogP contribution in [0.3, 0.4) is 0 Å². The Labute approximate surface area is 144 Å². The van der Waals surface area contributed by atoms with Crippen molar-refractivity contribution < 1.29 is 9.53 Å². The fraction of sp³-hybridized carbons (Fsp3) is 0.222. The molecule has 24 heavy (non-hydrogen) atoms. The van der Waals surface area contributed by atoms with E-state index in [0.29, 0.717) is 18.0 Å². The monoisotopic (exact) mass is 341 g/mol. The van der Waals surface area contributed by atoms with E-state index in [1.165, 1.54) is 5.56 Å². The zero-order valence-electron chi connectivity index (χ0n) is 13.0. The first-order valence-corrected chi connectivity index (χ1v) is 8.19. The normalized spacial score (nSPS) is 12.9. The van der Waals surface area contributed by atoms with E-state index in [2.05, 4.69) is 16.4 Å². The number of benzene rings is 1. The molecule has 1 aromatic carbocycles. The molecule has 3 aromatic rings. The van der Waals surface area contributed by atoms with Gasteiger partial charge in [0.25, 0.3) is 0 Å². The van der Waals surface area contributed by atoms with Gasteiger partial charge in [-0.05, 0) is 29.3 Å². The number of aromatic nitrogens is 2. The zero-order valence-corrected chi connectivity index (χ0v) is 13.7. The first-order chi connectivity index (χ1) is 11.7. The Kier molecular flexibility index (Phi) is 3.86. The van der Waals surface area contributed by atoms with Gasteiger partial charge in [0.1, 0.15) is 11.4 Å². The summed E-state index contributed by atoms with van der Waals surface area (Å²) in [6.07, 6.45) is 4.93. The van der Waals surface area contributed by atoms with Gasteiger partial charge in [-0.15, -0.1) is 0 Å². The third-order valence-corrected chi connectivity index (χ3v) is 4.27. The topological polar surface area (TPSA) is 55.6 Å². The number of hydrogen-bond donors (Lipinski definition) is 1. The van der Waals surface area contributed by atoms with Gasteiger partial charge in [-0.2, -0.15) is 0 Å². The lowest BCUT2D eigenvalue weighted by Crippen LogP contribution is -2.24. The molecule has 0 aliphatic carbocycles. The van der Waals surface area contributed by atoms with Gasteiger partial charge >= 0.3 is 0 Å². The lowest BCUT2D eigenvalue weighted by atomic mass is 10.1. The van der Waals surface area contributed by atoms with Gasteiger partial charge < -0.3 is 14.5 Å². The molecule has 0 radical (unpaired) electrons. The van der Waals surface area contributed by atoms with Crippen LogP contribution in [0.2, 0.25) is 5.02 Å². The highest BCUT2D eigenvalue weighted by Crippen LogP contribution is 2.25. The summed E-state index contributed by atoms with van der Waals surface area (Å²) in [6.45, 7) is 1.12. The molecule has 122 valence electrons. The molecule has 1 N–H and O–H groups in total. The van der Waals surface area contributed by atoms with E-state index in [-0.39, 0.29) is 5.91 Å².